The van der Waals surface area contributed by atoms with Gasteiger partial charge < -0.3 is 15.3 Å². The summed E-state index contributed by atoms with van der Waals surface area (Å²) in [7, 11) is 0. The first-order valence-electron chi connectivity index (χ1n) is 5.36. The Bertz CT molecular complexity index is 257. The van der Waals surface area contributed by atoms with Crippen molar-refractivity contribution >= 4 is 12.0 Å². The van der Waals surface area contributed by atoms with Crippen LogP contribution in [0.1, 0.15) is 33.1 Å². The number of nitrogens with zero attached hydrogens (tertiary/aromatic N) is 1. The molecule has 0 aromatic heterocycles. The van der Waals surface area contributed by atoms with Gasteiger partial charge in [-0.25, -0.2) is 9.59 Å². The largest absolute Gasteiger partial charge is 0.480 e. The summed E-state index contributed by atoms with van der Waals surface area (Å²) >= 11 is 0. The van der Waals surface area contributed by atoms with Crippen LogP contribution in [0.25, 0.3) is 0 Å². The zero-order valence-corrected chi connectivity index (χ0v) is 9.25. The lowest BCUT2D eigenvalue weighted by Crippen LogP contribution is -2.61. The van der Waals surface area contributed by atoms with Crippen molar-refractivity contribution in [1.82, 2.24) is 10.2 Å². The minimum Gasteiger partial charge on any atom is -0.480 e. The lowest BCUT2D eigenvalue weighted by molar-refractivity contribution is -0.148. The number of hydrogen-bond acceptors (Lipinski definition) is 2. The minimum absolute atomic E-state index is 0.276. The van der Waals surface area contributed by atoms with E-state index in [1.165, 1.54) is 0 Å². The highest BCUT2D eigenvalue weighted by molar-refractivity contribution is 5.87. The third kappa shape index (κ3) is 2.22. The van der Waals surface area contributed by atoms with E-state index >= 15 is 0 Å². The van der Waals surface area contributed by atoms with E-state index in [0.717, 1.165) is 6.42 Å². The van der Waals surface area contributed by atoms with Crippen molar-refractivity contribution in [2.75, 3.05) is 13.1 Å². The molecule has 2 amide bonds. The molecule has 1 saturated carbocycles. The van der Waals surface area contributed by atoms with Gasteiger partial charge in [0.25, 0.3) is 0 Å². The number of carboxylic acids is 1. The number of nitrogens with one attached hydrogen (secondary N) is 1. The smallest absolute Gasteiger partial charge is 0.329 e. The van der Waals surface area contributed by atoms with Gasteiger partial charge in [0.05, 0.1) is 0 Å². The summed E-state index contributed by atoms with van der Waals surface area (Å²) in [6.45, 7) is 4.94. The van der Waals surface area contributed by atoms with Crippen molar-refractivity contribution in [2.45, 2.75) is 38.6 Å². The second kappa shape index (κ2) is 4.51. The number of urea groups is 1. The molecule has 5 heteroatoms. The van der Waals surface area contributed by atoms with E-state index in [-0.39, 0.29) is 6.03 Å². The van der Waals surface area contributed by atoms with Crippen LogP contribution in [0.3, 0.4) is 0 Å². The van der Waals surface area contributed by atoms with Crippen LogP contribution >= 0.6 is 0 Å². The van der Waals surface area contributed by atoms with Gasteiger partial charge in [0.15, 0.2) is 0 Å². The van der Waals surface area contributed by atoms with E-state index in [9.17, 15) is 9.59 Å². The van der Waals surface area contributed by atoms with Gasteiger partial charge in [-0.1, -0.05) is 0 Å². The Labute approximate surface area is 89.4 Å². The average molecular weight is 214 g/mol. The SMILES string of the molecule is CCN(CC)C(=O)NC1(C(=O)O)CCC1. The van der Waals surface area contributed by atoms with E-state index in [1.807, 2.05) is 13.8 Å². The lowest BCUT2D eigenvalue weighted by atomic mass is 9.77. The molecule has 1 aliphatic rings. The van der Waals surface area contributed by atoms with Crippen molar-refractivity contribution in [3.63, 3.8) is 0 Å². The first kappa shape index (κ1) is 11.8. The van der Waals surface area contributed by atoms with E-state index in [2.05, 4.69) is 5.32 Å². The molecule has 0 aliphatic heterocycles. The van der Waals surface area contributed by atoms with Crippen molar-refractivity contribution in [3.05, 3.63) is 0 Å². The highest BCUT2D eigenvalue weighted by Gasteiger charge is 2.46. The molecule has 5 nitrogen and oxygen atoms in total. The van der Waals surface area contributed by atoms with Crippen molar-refractivity contribution in [3.8, 4) is 0 Å². The Morgan fingerprint density at radius 3 is 2.13 bits per heavy atom. The van der Waals surface area contributed by atoms with Gasteiger partial charge >= 0.3 is 12.0 Å². The Hall–Kier alpha value is -1.26. The number of hydrogen-bond donors (Lipinski definition) is 2. The normalized spacial score (nSPS) is 17.7. The molecule has 1 aliphatic carbocycles. The maximum Gasteiger partial charge on any atom is 0.329 e. The predicted molar refractivity (Wildman–Crippen MR) is 55.7 cm³/mol. The van der Waals surface area contributed by atoms with Crippen molar-refractivity contribution < 1.29 is 14.7 Å². The lowest BCUT2D eigenvalue weighted by Gasteiger charge is -2.39. The fraction of sp³-hybridized carbons (Fsp3) is 0.800. The average Bonchev–Trinajstić information content (AvgIpc) is 2.12. The van der Waals surface area contributed by atoms with Gasteiger partial charge in [0.1, 0.15) is 5.54 Å². The molecule has 0 aromatic carbocycles. The standard InChI is InChI=1S/C10H18N2O3/c1-3-12(4-2)9(15)11-10(8(13)14)6-5-7-10/h3-7H2,1-2H3,(H,11,15)(H,13,14). The van der Waals surface area contributed by atoms with Gasteiger partial charge in [-0.15, -0.1) is 0 Å². The molecule has 0 saturated heterocycles. The summed E-state index contributed by atoms with van der Waals surface area (Å²) in [4.78, 5) is 24.3. The summed E-state index contributed by atoms with van der Waals surface area (Å²) in [5.74, 6) is -0.922. The first-order chi connectivity index (χ1) is 7.05. The number of carbonyl (C=O) groups excluding carboxylic acids is 1. The summed E-state index contributed by atoms with van der Waals surface area (Å²) in [5.41, 5.74) is -1.00. The summed E-state index contributed by atoms with van der Waals surface area (Å²) in [6, 6.07) is -0.276. The van der Waals surface area contributed by atoms with E-state index < -0.39 is 11.5 Å². The summed E-state index contributed by atoms with van der Waals surface area (Å²) < 4.78 is 0. The molecule has 1 fully saturated rings. The predicted octanol–water partition coefficient (Wildman–Crippen LogP) is 1.05. The monoisotopic (exact) mass is 214 g/mol. The zero-order valence-electron chi connectivity index (χ0n) is 9.25. The summed E-state index contributed by atoms with van der Waals surface area (Å²) in [5, 5.41) is 11.6. The molecular weight excluding hydrogens is 196 g/mol. The van der Waals surface area contributed by atoms with Crippen LogP contribution in [0.4, 0.5) is 4.79 Å². The Morgan fingerprint density at radius 2 is 1.87 bits per heavy atom. The number of rotatable bonds is 4. The van der Waals surface area contributed by atoms with E-state index in [4.69, 9.17) is 5.11 Å². The van der Waals surface area contributed by atoms with Crippen LogP contribution in [0.15, 0.2) is 0 Å². The summed E-state index contributed by atoms with van der Waals surface area (Å²) in [6.07, 6.45) is 1.94. The molecule has 1 rings (SSSR count). The Kier molecular flexibility index (Phi) is 3.55. The third-order valence-electron chi connectivity index (χ3n) is 3.01. The number of amides is 2. The molecule has 15 heavy (non-hydrogen) atoms. The molecule has 0 heterocycles. The zero-order chi connectivity index (χ0) is 11.5. The van der Waals surface area contributed by atoms with Gasteiger partial charge in [0.2, 0.25) is 0 Å². The molecule has 0 radical (unpaired) electrons. The minimum atomic E-state index is -1.00. The van der Waals surface area contributed by atoms with E-state index in [1.54, 1.807) is 4.90 Å². The fourth-order valence-corrected chi connectivity index (χ4v) is 1.72. The quantitative estimate of drug-likeness (QED) is 0.734. The molecule has 0 bridgehead atoms. The Balaban J connectivity index is 2.59. The van der Waals surface area contributed by atoms with Gasteiger partial charge in [0, 0.05) is 13.1 Å². The second-order valence-corrected chi connectivity index (χ2v) is 3.84. The van der Waals surface area contributed by atoms with Crippen LogP contribution in [-0.4, -0.2) is 40.6 Å². The first-order valence-corrected chi connectivity index (χ1v) is 5.36. The molecule has 2 N–H and O–H groups in total. The molecule has 86 valence electrons. The molecule has 0 unspecified atom stereocenters. The molecular formula is C10H18N2O3. The maximum absolute atomic E-state index is 11.7. The maximum atomic E-state index is 11.7. The number of carbonyl (C=O) groups is 2. The molecule has 0 atom stereocenters. The second-order valence-electron chi connectivity index (χ2n) is 3.84. The molecule has 0 spiro atoms. The Morgan fingerprint density at radius 1 is 1.33 bits per heavy atom. The highest BCUT2D eigenvalue weighted by atomic mass is 16.4. The number of carboxylic acid groups (broad SMARTS) is 1. The third-order valence-corrected chi connectivity index (χ3v) is 3.01. The molecule has 0 aromatic rings. The number of aliphatic carboxylic acids is 1. The fourth-order valence-electron chi connectivity index (χ4n) is 1.72. The highest BCUT2D eigenvalue weighted by Crippen LogP contribution is 2.32. The van der Waals surface area contributed by atoms with Crippen LogP contribution in [0.5, 0.6) is 0 Å². The van der Waals surface area contributed by atoms with Gasteiger partial charge in [-0.05, 0) is 33.1 Å². The van der Waals surface area contributed by atoms with Crippen LogP contribution in [-0.2, 0) is 4.79 Å². The van der Waals surface area contributed by atoms with Crippen LogP contribution < -0.4 is 5.32 Å². The van der Waals surface area contributed by atoms with Crippen molar-refractivity contribution in [2.24, 2.45) is 0 Å². The van der Waals surface area contributed by atoms with Crippen molar-refractivity contribution in [1.29, 1.82) is 0 Å². The van der Waals surface area contributed by atoms with Gasteiger partial charge in [-0.2, -0.15) is 0 Å². The van der Waals surface area contributed by atoms with E-state index in [0.29, 0.717) is 25.9 Å². The van der Waals surface area contributed by atoms with Crippen LogP contribution in [0.2, 0.25) is 0 Å². The topological polar surface area (TPSA) is 69.6 Å². The van der Waals surface area contributed by atoms with Crippen LogP contribution in [0, 0.1) is 0 Å². The van der Waals surface area contributed by atoms with Gasteiger partial charge in [-0.3, -0.25) is 0 Å².